The lowest BCUT2D eigenvalue weighted by Crippen LogP contribution is -2.25. The van der Waals surface area contributed by atoms with Crippen LogP contribution in [0.2, 0.25) is 0 Å². The second-order valence-corrected chi connectivity index (χ2v) is 3.49. The molecular weight excluding hydrogens is 183 g/mol. The molecule has 1 aliphatic carbocycles. The zero-order chi connectivity index (χ0) is 9.97. The Kier molecular flexibility index (Phi) is 2.63. The molecule has 1 aromatic heterocycles. The predicted octanol–water partition coefficient (Wildman–Crippen LogP) is 1.61. The number of aromatic nitrogens is 1. The first-order valence-electron chi connectivity index (χ1n) is 4.80. The first-order valence-corrected chi connectivity index (χ1v) is 4.80. The number of nitrogens with zero attached hydrogens (tertiary/aromatic N) is 1. The highest BCUT2D eigenvalue weighted by molar-refractivity contribution is 5.26. The zero-order valence-electron chi connectivity index (χ0n) is 7.87. The molecule has 0 aromatic carbocycles. The van der Waals surface area contributed by atoms with Crippen molar-refractivity contribution in [1.82, 2.24) is 4.98 Å². The Morgan fingerprint density at radius 2 is 2.36 bits per heavy atom. The molecule has 4 heteroatoms. The first-order chi connectivity index (χ1) is 6.79. The van der Waals surface area contributed by atoms with Gasteiger partial charge < -0.3 is 10.5 Å². The van der Waals surface area contributed by atoms with Gasteiger partial charge in [0.05, 0.1) is 6.20 Å². The van der Waals surface area contributed by atoms with Gasteiger partial charge in [-0.1, -0.05) is 0 Å². The van der Waals surface area contributed by atoms with Crippen LogP contribution in [-0.2, 0) is 6.54 Å². The average molecular weight is 196 g/mol. The molecule has 1 fully saturated rings. The van der Waals surface area contributed by atoms with Crippen LogP contribution >= 0.6 is 0 Å². The van der Waals surface area contributed by atoms with Crippen molar-refractivity contribution in [3.8, 4) is 5.88 Å². The molecular formula is C10H13FN2O. The van der Waals surface area contributed by atoms with Crippen molar-refractivity contribution >= 4 is 0 Å². The fraction of sp³-hybridized carbons (Fsp3) is 0.500. The van der Waals surface area contributed by atoms with E-state index in [0.29, 0.717) is 11.4 Å². The summed E-state index contributed by atoms with van der Waals surface area (Å²) in [6.45, 7) is 0.257. The van der Waals surface area contributed by atoms with Crippen LogP contribution in [-0.4, -0.2) is 11.1 Å². The van der Waals surface area contributed by atoms with Crippen LogP contribution in [0, 0.1) is 5.82 Å². The molecule has 1 aromatic rings. The molecule has 2 rings (SSSR count). The number of halogens is 1. The third-order valence-electron chi connectivity index (χ3n) is 2.44. The molecule has 14 heavy (non-hydrogen) atoms. The summed E-state index contributed by atoms with van der Waals surface area (Å²) >= 11 is 0. The SMILES string of the molecule is NCc1cc(F)cnc1OC1CCC1. The van der Waals surface area contributed by atoms with Crippen molar-refractivity contribution < 1.29 is 9.13 Å². The summed E-state index contributed by atoms with van der Waals surface area (Å²) in [5.74, 6) is 0.116. The van der Waals surface area contributed by atoms with E-state index in [1.165, 1.54) is 12.5 Å². The van der Waals surface area contributed by atoms with Crippen LogP contribution in [0.5, 0.6) is 5.88 Å². The Bertz CT molecular complexity index is 326. The van der Waals surface area contributed by atoms with E-state index in [-0.39, 0.29) is 18.5 Å². The minimum Gasteiger partial charge on any atom is -0.474 e. The van der Waals surface area contributed by atoms with Gasteiger partial charge in [0.1, 0.15) is 11.9 Å². The molecule has 76 valence electrons. The standard InChI is InChI=1S/C10H13FN2O/c11-8-4-7(5-12)10(13-6-8)14-9-2-1-3-9/h4,6,9H,1-3,5,12H2. The van der Waals surface area contributed by atoms with Gasteiger partial charge in [-0.3, -0.25) is 0 Å². The largest absolute Gasteiger partial charge is 0.474 e. The van der Waals surface area contributed by atoms with Crippen molar-refractivity contribution in [2.45, 2.75) is 31.9 Å². The number of nitrogens with two attached hydrogens (primary N) is 1. The maximum absolute atomic E-state index is 12.8. The number of pyridine rings is 1. The van der Waals surface area contributed by atoms with E-state index in [1.807, 2.05) is 0 Å². The smallest absolute Gasteiger partial charge is 0.218 e. The molecule has 0 unspecified atom stereocenters. The second kappa shape index (κ2) is 3.92. The molecule has 3 nitrogen and oxygen atoms in total. The van der Waals surface area contributed by atoms with Gasteiger partial charge in [-0.15, -0.1) is 0 Å². The van der Waals surface area contributed by atoms with Crippen LogP contribution in [0.1, 0.15) is 24.8 Å². The fourth-order valence-corrected chi connectivity index (χ4v) is 1.37. The average Bonchev–Trinajstić information content (AvgIpc) is 2.13. The summed E-state index contributed by atoms with van der Waals surface area (Å²) < 4.78 is 18.4. The molecule has 0 spiro atoms. The van der Waals surface area contributed by atoms with E-state index in [0.717, 1.165) is 19.0 Å². The number of ether oxygens (including phenoxy) is 1. The first kappa shape index (κ1) is 9.40. The molecule has 0 aliphatic heterocycles. The Morgan fingerprint density at radius 3 is 2.93 bits per heavy atom. The Labute approximate surface area is 82.1 Å². The normalized spacial score (nSPS) is 16.4. The lowest BCUT2D eigenvalue weighted by Gasteiger charge is -2.26. The van der Waals surface area contributed by atoms with Crippen LogP contribution in [0.25, 0.3) is 0 Å². The van der Waals surface area contributed by atoms with Crippen molar-refractivity contribution in [2.24, 2.45) is 5.73 Å². The molecule has 2 N–H and O–H groups in total. The molecule has 0 bridgehead atoms. The van der Waals surface area contributed by atoms with Crippen LogP contribution < -0.4 is 10.5 Å². The van der Waals surface area contributed by atoms with E-state index in [9.17, 15) is 4.39 Å². The summed E-state index contributed by atoms with van der Waals surface area (Å²) in [5, 5.41) is 0. The lowest BCUT2D eigenvalue weighted by atomic mass is 9.96. The lowest BCUT2D eigenvalue weighted by molar-refractivity contribution is 0.113. The quantitative estimate of drug-likeness (QED) is 0.799. The summed E-state index contributed by atoms with van der Waals surface area (Å²) in [6.07, 6.45) is 4.72. The summed E-state index contributed by atoms with van der Waals surface area (Å²) in [5.41, 5.74) is 6.10. The van der Waals surface area contributed by atoms with E-state index >= 15 is 0 Å². The van der Waals surface area contributed by atoms with Gasteiger partial charge in [0, 0.05) is 12.1 Å². The van der Waals surface area contributed by atoms with Crippen molar-refractivity contribution in [1.29, 1.82) is 0 Å². The van der Waals surface area contributed by atoms with Gasteiger partial charge in [0.15, 0.2) is 0 Å². The van der Waals surface area contributed by atoms with Crippen molar-refractivity contribution in [2.75, 3.05) is 0 Å². The zero-order valence-corrected chi connectivity index (χ0v) is 7.87. The molecule has 1 heterocycles. The van der Waals surface area contributed by atoms with Gasteiger partial charge in [-0.2, -0.15) is 0 Å². The van der Waals surface area contributed by atoms with Gasteiger partial charge >= 0.3 is 0 Å². The molecule has 1 aliphatic rings. The highest BCUT2D eigenvalue weighted by Crippen LogP contribution is 2.26. The highest BCUT2D eigenvalue weighted by Gasteiger charge is 2.20. The molecule has 1 saturated carbocycles. The number of rotatable bonds is 3. The Balaban J connectivity index is 2.14. The van der Waals surface area contributed by atoms with E-state index < -0.39 is 0 Å². The topological polar surface area (TPSA) is 48.1 Å². The summed E-state index contributed by atoms with van der Waals surface area (Å²) in [4.78, 5) is 3.89. The van der Waals surface area contributed by atoms with E-state index in [4.69, 9.17) is 10.5 Å². The maximum atomic E-state index is 12.8. The third kappa shape index (κ3) is 1.85. The molecule has 0 atom stereocenters. The second-order valence-electron chi connectivity index (χ2n) is 3.49. The van der Waals surface area contributed by atoms with Crippen LogP contribution in [0.3, 0.4) is 0 Å². The predicted molar refractivity (Wildman–Crippen MR) is 50.4 cm³/mol. The van der Waals surface area contributed by atoms with Crippen LogP contribution in [0.4, 0.5) is 4.39 Å². The monoisotopic (exact) mass is 196 g/mol. The maximum Gasteiger partial charge on any atom is 0.218 e. The van der Waals surface area contributed by atoms with E-state index in [1.54, 1.807) is 0 Å². The number of hydrogen-bond acceptors (Lipinski definition) is 3. The van der Waals surface area contributed by atoms with Gasteiger partial charge in [0.25, 0.3) is 0 Å². The van der Waals surface area contributed by atoms with Gasteiger partial charge in [-0.25, -0.2) is 9.37 Å². The summed E-state index contributed by atoms with van der Waals surface area (Å²) in [6, 6.07) is 1.38. The fourth-order valence-electron chi connectivity index (χ4n) is 1.37. The minimum absolute atomic E-state index is 0.248. The van der Waals surface area contributed by atoms with Crippen molar-refractivity contribution in [3.05, 3.63) is 23.6 Å². The van der Waals surface area contributed by atoms with Crippen LogP contribution in [0.15, 0.2) is 12.3 Å². The molecule has 0 saturated heterocycles. The Morgan fingerprint density at radius 1 is 1.57 bits per heavy atom. The minimum atomic E-state index is -0.369. The van der Waals surface area contributed by atoms with Gasteiger partial charge in [-0.05, 0) is 25.3 Å². The van der Waals surface area contributed by atoms with Crippen molar-refractivity contribution in [3.63, 3.8) is 0 Å². The number of hydrogen-bond donors (Lipinski definition) is 1. The van der Waals surface area contributed by atoms with Gasteiger partial charge in [0.2, 0.25) is 5.88 Å². The Hall–Kier alpha value is -1.16. The van der Waals surface area contributed by atoms with E-state index in [2.05, 4.69) is 4.98 Å². The molecule has 0 radical (unpaired) electrons. The third-order valence-corrected chi connectivity index (χ3v) is 2.44. The highest BCUT2D eigenvalue weighted by atomic mass is 19.1. The summed E-state index contributed by atoms with van der Waals surface area (Å²) in [7, 11) is 0. The molecule has 0 amide bonds.